The maximum Gasteiger partial charge on any atom is 0.325 e. The van der Waals surface area contributed by atoms with Gasteiger partial charge in [0.05, 0.1) is 0 Å². The fraction of sp³-hybridized carbons (Fsp3) is 0.462. The number of benzene rings is 1. The van der Waals surface area contributed by atoms with Crippen molar-refractivity contribution in [3.05, 3.63) is 29.3 Å². The molecular weight excluding hydrogens is 234 g/mol. The van der Waals surface area contributed by atoms with Gasteiger partial charge in [0.25, 0.3) is 0 Å². The molecule has 0 aliphatic carbocycles. The molecule has 1 unspecified atom stereocenters. The molecule has 2 rings (SSSR count). The number of fused-ring (bicyclic) bond motifs is 1. The number of nitrogens with one attached hydrogen (secondary N) is 1. The summed E-state index contributed by atoms with van der Waals surface area (Å²) in [6, 6.07) is 5.34. The molecule has 0 spiro atoms. The van der Waals surface area contributed by atoms with Gasteiger partial charge in [0.1, 0.15) is 6.04 Å². The van der Waals surface area contributed by atoms with Crippen LogP contribution >= 0.6 is 11.8 Å². The van der Waals surface area contributed by atoms with Crippen molar-refractivity contribution in [2.75, 3.05) is 12.8 Å². The van der Waals surface area contributed by atoms with Crippen LogP contribution in [0.3, 0.4) is 0 Å². The van der Waals surface area contributed by atoms with Crippen molar-refractivity contribution in [1.29, 1.82) is 0 Å². The highest BCUT2D eigenvalue weighted by atomic mass is 32.2. The molecule has 1 aliphatic rings. The smallest absolute Gasteiger partial charge is 0.325 e. The van der Waals surface area contributed by atoms with E-state index in [4.69, 9.17) is 0 Å². The van der Waals surface area contributed by atoms with Crippen LogP contribution in [-0.4, -0.2) is 23.9 Å². The Labute approximate surface area is 106 Å². The number of thioether (sulfide) groups is 1. The van der Waals surface area contributed by atoms with Crippen molar-refractivity contribution in [3.63, 3.8) is 0 Å². The van der Waals surface area contributed by atoms with E-state index in [0.29, 0.717) is 6.54 Å². The number of aliphatic carboxylic acids is 1. The van der Waals surface area contributed by atoms with Crippen LogP contribution in [0.5, 0.6) is 0 Å². The predicted molar refractivity (Wildman–Crippen MR) is 69.6 cm³/mol. The monoisotopic (exact) mass is 251 g/mol. The highest BCUT2D eigenvalue weighted by molar-refractivity contribution is 7.98. The van der Waals surface area contributed by atoms with Gasteiger partial charge in [-0.1, -0.05) is 26.0 Å². The lowest BCUT2D eigenvalue weighted by molar-refractivity contribution is -0.140. The summed E-state index contributed by atoms with van der Waals surface area (Å²) < 4.78 is 0. The molecule has 0 bridgehead atoms. The zero-order valence-electron chi connectivity index (χ0n) is 10.3. The Hall–Kier alpha value is -1.00. The number of hydrogen-bond donors (Lipinski definition) is 2. The molecule has 1 aromatic carbocycles. The number of carboxylic acid groups (broad SMARTS) is 1. The average molecular weight is 251 g/mol. The SMILES string of the molecule is CSc1cccc2c1C(C)(C)CNC2C(=O)O. The van der Waals surface area contributed by atoms with Crippen LogP contribution < -0.4 is 5.32 Å². The van der Waals surface area contributed by atoms with Crippen LogP contribution in [0.25, 0.3) is 0 Å². The summed E-state index contributed by atoms with van der Waals surface area (Å²) >= 11 is 1.68. The molecule has 2 N–H and O–H groups in total. The number of hydrogen-bond acceptors (Lipinski definition) is 3. The third kappa shape index (κ3) is 2.07. The van der Waals surface area contributed by atoms with Crippen molar-refractivity contribution >= 4 is 17.7 Å². The van der Waals surface area contributed by atoms with Crippen LogP contribution in [0, 0.1) is 0 Å². The van der Waals surface area contributed by atoms with Crippen LogP contribution in [0.2, 0.25) is 0 Å². The summed E-state index contributed by atoms with van der Waals surface area (Å²) in [7, 11) is 0. The molecule has 1 heterocycles. The van der Waals surface area contributed by atoms with Gasteiger partial charge in [-0.2, -0.15) is 0 Å². The molecule has 0 fully saturated rings. The lowest BCUT2D eigenvalue weighted by atomic mass is 9.76. The summed E-state index contributed by atoms with van der Waals surface area (Å²) in [4.78, 5) is 12.4. The van der Waals surface area contributed by atoms with E-state index in [2.05, 4.69) is 25.2 Å². The van der Waals surface area contributed by atoms with E-state index in [1.165, 1.54) is 10.5 Å². The van der Waals surface area contributed by atoms with Crippen LogP contribution in [-0.2, 0) is 10.2 Å². The molecule has 0 saturated heterocycles. The van der Waals surface area contributed by atoms with Gasteiger partial charge in [-0.3, -0.25) is 10.1 Å². The van der Waals surface area contributed by atoms with E-state index in [1.807, 2.05) is 18.4 Å². The molecule has 0 amide bonds. The fourth-order valence-corrected chi connectivity index (χ4v) is 3.27. The number of rotatable bonds is 2. The van der Waals surface area contributed by atoms with Gasteiger partial charge in [-0.15, -0.1) is 11.8 Å². The Bertz CT molecular complexity index is 457. The Morgan fingerprint density at radius 2 is 2.24 bits per heavy atom. The van der Waals surface area contributed by atoms with Crippen molar-refractivity contribution in [1.82, 2.24) is 5.32 Å². The third-order valence-corrected chi connectivity index (χ3v) is 4.04. The Morgan fingerprint density at radius 3 is 2.82 bits per heavy atom. The molecule has 3 nitrogen and oxygen atoms in total. The highest BCUT2D eigenvalue weighted by Crippen LogP contribution is 2.39. The molecule has 1 aliphatic heterocycles. The van der Waals surface area contributed by atoms with E-state index in [0.717, 1.165) is 5.56 Å². The average Bonchev–Trinajstić information content (AvgIpc) is 2.27. The van der Waals surface area contributed by atoms with E-state index in [-0.39, 0.29) is 5.41 Å². The van der Waals surface area contributed by atoms with Crippen molar-refractivity contribution in [3.8, 4) is 0 Å². The molecule has 4 heteroatoms. The quantitative estimate of drug-likeness (QED) is 0.793. The van der Waals surface area contributed by atoms with Gasteiger partial charge in [0.2, 0.25) is 0 Å². The van der Waals surface area contributed by atoms with Crippen LogP contribution in [0.15, 0.2) is 23.1 Å². The highest BCUT2D eigenvalue weighted by Gasteiger charge is 2.36. The zero-order valence-corrected chi connectivity index (χ0v) is 11.1. The number of carboxylic acids is 1. The Kier molecular flexibility index (Phi) is 3.19. The minimum Gasteiger partial charge on any atom is -0.480 e. The predicted octanol–water partition coefficient (Wildman–Crippen LogP) is 2.42. The first-order chi connectivity index (χ1) is 7.97. The molecule has 0 radical (unpaired) electrons. The second-order valence-corrected chi connectivity index (χ2v) is 5.81. The summed E-state index contributed by atoms with van der Waals surface area (Å²) in [5.74, 6) is -0.806. The van der Waals surface area contributed by atoms with Gasteiger partial charge in [0, 0.05) is 16.9 Å². The van der Waals surface area contributed by atoms with Gasteiger partial charge >= 0.3 is 5.97 Å². The van der Waals surface area contributed by atoms with Crippen LogP contribution in [0.4, 0.5) is 0 Å². The van der Waals surface area contributed by atoms with Gasteiger partial charge < -0.3 is 5.11 Å². The lowest BCUT2D eigenvalue weighted by Gasteiger charge is -2.37. The molecule has 1 aromatic rings. The first kappa shape index (κ1) is 12.5. The summed E-state index contributed by atoms with van der Waals surface area (Å²) in [5.41, 5.74) is 2.06. The van der Waals surface area contributed by atoms with Crippen molar-refractivity contribution in [2.24, 2.45) is 0 Å². The maximum atomic E-state index is 11.3. The normalized spacial score (nSPS) is 21.9. The van der Waals surface area contributed by atoms with Gasteiger partial charge in [-0.25, -0.2) is 0 Å². The second kappa shape index (κ2) is 4.35. The third-order valence-electron chi connectivity index (χ3n) is 3.26. The van der Waals surface area contributed by atoms with Gasteiger partial charge in [-0.05, 0) is 23.4 Å². The molecule has 0 aromatic heterocycles. The van der Waals surface area contributed by atoms with Crippen LogP contribution in [0.1, 0.15) is 31.0 Å². The summed E-state index contributed by atoms with van der Waals surface area (Å²) in [6.45, 7) is 4.99. The maximum absolute atomic E-state index is 11.3. The first-order valence-electron chi connectivity index (χ1n) is 5.61. The van der Waals surface area contributed by atoms with E-state index >= 15 is 0 Å². The molecular formula is C13H17NO2S. The topological polar surface area (TPSA) is 49.3 Å². The summed E-state index contributed by atoms with van der Waals surface area (Å²) in [5, 5.41) is 12.4. The molecule has 92 valence electrons. The first-order valence-corrected chi connectivity index (χ1v) is 6.83. The molecule has 0 saturated carbocycles. The Morgan fingerprint density at radius 1 is 1.53 bits per heavy atom. The molecule has 1 atom stereocenters. The lowest BCUT2D eigenvalue weighted by Crippen LogP contribution is -2.44. The van der Waals surface area contributed by atoms with Crippen molar-refractivity contribution in [2.45, 2.75) is 30.2 Å². The molecule has 17 heavy (non-hydrogen) atoms. The minimum absolute atomic E-state index is 0.0269. The Balaban J connectivity index is 2.63. The fourth-order valence-electron chi connectivity index (χ4n) is 2.46. The summed E-state index contributed by atoms with van der Waals surface area (Å²) in [6.07, 6.45) is 2.03. The van der Waals surface area contributed by atoms with Crippen molar-refractivity contribution < 1.29 is 9.90 Å². The number of carbonyl (C=O) groups is 1. The second-order valence-electron chi connectivity index (χ2n) is 4.96. The van der Waals surface area contributed by atoms with Gasteiger partial charge in [0.15, 0.2) is 0 Å². The largest absolute Gasteiger partial charge is 0.480 e. The standard InChI is InChI=1S/C13H17NO2S/c1-13(2)7-14-11(12(15)16)8-5-4-6-9(17-3)10(8)13/h4-6,11,14H,7H2,1-3H3,(H,15,16). The minimum atomic E-state index is -0.806. The zero-order chi connectivity index (χ0) is 12.6. The van der Waals surface area contributed by atoms with E-state index in [1.54, 1.807) is 11.8 Å². The van der Waals surface area contributed by atoms with E-state index in [9.17, 15) is 9.90 Å². The van der Waals surface area contributed by atoms with E-state index < -0.39 is 12.0 Å².